The molecule has 4 aromatic rings. The zero-order valence-corrected chi connectivity index (χ0v) is 23.6. The van der Waals surface area contributed by atoms with E-state index >= 15 is 0 Å². The normalized spacial score (nSPS) is 15.9. The second-order valence-corrected chi connectivity index (χ2v) is 13.0. The number of H-pyrrole nitrogens is 1. The summed E-state index contributed by atoms with van der Waals surface area (Å²) in [4.78, 5) is 10.6. The summed E-state index contributed by atoms with van der Waals surface area (Å²) in [6, 6.07) is 6.54. The molecule has 1 aliphatic heterocycles. The maximum Gasteiger partial charge on any atom is 0.210 e. The first kappa shape index (κ1) is 27.5. The SMILES string of the molecule is CN(CC1(C)CN(c2ccc(-c3n[nH]c4cc(F)c(O[C@H](N)c5c(Cl)cncc5Cl)cc34)cn2)C1)S(C)(=O)=O. The molecular formula is C25H26Cl2FN7O3S. The van der Waals surface area contributed by atoms with Gasteiger partial charge in [-0.1, -0.05) is 30.1 Å². The van der Waals surface area contributed by atoms with Crippen molar-refractivity contribution in [2.24, 2.45) is 11.1 Å². The van der Waals surface area contributed by atoms with Gasteiger partial charge in [-0.2, -0.15) is 5.10 Å². The van der Waals surface area contributed by atoms with Gasteiger partial charge >= 0.3 is 0 Å². The van der Waals surface area contributed by atoms with Crippen LogP contribution in [0.3, 0.4) is 0 Å². The van der Waals surface area contributed by atoms with Crippen LogP contribution in [0.15, 0.2) is 42.9 Å². The van der Waals surface area contributed by atoms with Crippen molar-refractivity contribution in [2.75, 3.05) is 37.8 Å². The van der Waals surface area contributed by atoms with Gasteiger partial charge in [0.1, 0.15) is 11.5 Å². The zero-order valence-electron chi connectivity index (χ0n) is 21.3. The molecule has 0 unspecified atom stereocenters. The van der Waals surface area contributed by atoms with Crippen molar-refractivity contribution in [2.45, 2.75) is 13.2 Å². The third-order valence-electron chi connectivity index (χ3n) is 6.71. The van der Waals surface area contributed by atoms with Crippen LogP contribution >= 0.6 is 23.2 Å². The van der Waals surface area contributed by atoms with E-state index in [1.165, 1.54) is 35.1 Å². The highest BCUT2D eigenvalue weighted by atomic mass is 35.5. The number of hydrogen-bond acceptors (Lipinski definition) is 8. The molecule has 14 heteroatoms. The number of sulfonamides is 1. The summed E-state index contributed by atoms with van der Waals surface area (Å²) in [5.41, 5.74) is 8.02. The zero-order chi connectivity index (χ0) is 28.1. The highest BCUT2D eigenvalue weighted by Crippen LogP contribution is 2.37. The van der Waals surface area contributed by atoms with Gasteiger partial charge in [0.15, 0.2) is 17.8 Å². The molecule has 0 amide bonds. The second kappa shape index (κ2) is 10.2. The average Bonchev–Trinajstić information content (AvgIpc) is 3.24. The molecule has 1 aromatic carbocycles. The summed E-state index contributed by atoms with van der Waals surface area (Å²) >= 11 is 12.3. The number of hydrogen-bond donors (Lipinski definition) is 2. The number of halogens is 3. The van der Waals surface area contributed by atoms with Crippen LogP contribution in [0.2, 0.25) is 10.0 Å². The third-order valence-corrected chi connectivity index (χ3v) is 8.57. The molecule has 0 saturated carbocycles. The number of aromatic amines is 1. The van der Waals surface area contributed by atoms with Crippen LogP contribution in [0.5, 0.6) is 5.75 Å². The number of nitrogens with one attached hydrogen (secondary N) is 1. The van der Waals surface area contributed by atoms with E-state index in [-0.39, 0.29) is 21.2 Å². The Morgan fingerprint density at radius 1 is 1.23 bits per heavy atom. The van der Waals surface area contributed by atoms with E-state index < -0.39 is 22.1 Å². The summed E-state index contributed by atoms with van der Waals surface area (Å²) in [6.45, 7) is 3.84. The Labute approximate surface area is 234 Å². The summed E-state index contributed by atoms with van der Waals surface area (Å²) in [5.74, 6) is 0.0422. The standard InChI is InChI=1S/C25H26Cl2FN7O3S/c1-25(11-34(2)39(3,36)37)12-35(13-25)21-5-4-14(8-31-21)23-15-6-20(18(28)7-19(15)32-33-23)38-24(29)22-16(26)9-30-10-17(22)27/h4-10,24H,11-13,29H2,1-3H3,(H,32,33)/t24-/m0/s1. The average molecular weight is 595 g/mol. The molecule has 1 saturated heterocycles. The van der Waals surface area contributed by atoms with Gasteiger partial charge in [-0.05, 0) is 18.2 Å². The molecule has 3 aromatic heterocycles. The lowest BCUT2D eigenvalue weighted by atomic mass is 9.82. The largest absolute Gasteiger partial charge is 0.468 e. The summed E-state index contributed by atoms with van der Waals surface area (Å²) < 4.78 is 45.5. The predicted molar refractivity (Wildman–Crippen MR) is 149 cm³/mol. The van der Waals surface area contributed by atoms with Crippen molar-refractivity contribution in [3.05, 3.63) is 64.3 Å². The van der Waals surface area contributed by atoms with Gasteiger partial charge in [-0.3, -0.25) is 15.8 Å². The first-order valence-electron chi connectivity index (χ1n) is 11.9. The van der Waals surface area contributed by atoms with Gasteiger partial charge in [0.05, 0.1) is 21.8 Å². The van der Waals surface area contributed by atoms with Crippen LogP contribution in [-0.4, -0.2) is 65.8 Å². The molecule has 3 N–H and O–H groups in total. The van der Waals surface area contributed by atoms with Crippen LogP contribution < -0.4 is 15.4 Å². The fourth-order valence-electron chi connectivity index (χ4n) is 4.72. The van der Waals surface area contributed by atoms with E-state index in [1.807, 2.05) is 12.1 Å². The van der Waals surface area contributed by atoms with Crippen molar-refractivity contribution < 1.29 is 17.5 Å². The Morgan fingerprint density at radius 2 is 1.92 bits per heavy atom. The minimum Gasteiger partial charge on any atom is -0.468 e. The van der Waals surface area contributed by atoms with Crippen molar-refractivity contribution >= 4 is 49.9 Å². The molecule has 0 spiro atoms. The Hall–Kier alpha value is -3.03. The summed E-state index contributed by atoms with van der Waals surface area (Å²) in [6.07, 6.45) is 4.53. The number of fused-ring (bicyclic) bond motifs is 1. The Morgan fingerprint density at radius 3 is 2.54 bits per heavy atom. The molecule has 10 nitrogen and oxygen atoms in total. The summed E-state index contributed by atoms with van der Waals surface area (Å²) in [7, 11) is -1.65. The fraction of sp³-hybridized carbons (Fsp3) is 0.320. The lowest BCUT2D eigenvalue weighted by molar-refractivity contribution is 0.198. The second-order valence-electron chi connectivity index (χ2n) is 10.0. The number of aromatic nitrogens is 4. The van der Waals surface area contributed by atoms with Gasteiger partial charge in [0.25, 0.3) is 0 Å². The monoisotopic (exact) mass is 593 g/mol. The van der Waals surface area contributed by atoms with Gasteiger partial charge in [-0.15, -0.1) is 0 Å². The van der Waals surface area contributed by atoms with E-state index in [0.717, 1.165) is 5.82 Å². The number of benzene rings is 1. The molecule has 39 heavy (non-hydrogen) atoms. The first-order chi connectivity index (χ1) is 18.3. The molecule has 1 aliphatic rings. The highest BCUT2D eigenvalue weighted by molar-refractivity contribution is 7.88. The number of nitrogens with zero attached hydrogens (tertiary/aromatic N) is 5. The van der Waals surface area contributed by atoms with E-state index in [0.29, 0.717) is 47.4 Å². The molecule has 5 rings (SSSR count). The Kier molecular flexibility index (Phi) is 7.18. The molecule has 206 valence electrons. The molecular weight excluding hydrogens is 568 g/mol. The van der Waals surface area contributed by atoms with Crippen LogP contribution in [0.25, 0.3) is 22.2 Å². The van der Waals surface area contributed by atoms with Gasteiger partial charge in [-0.25, -0.2) is 22.1 Å². The van der Waals surface area contributed by atoms with Crippen LogP contribution in [0.4, 0.5) is 10.2 Å². The van der Waals surface area contributed by atoms with E-state index in [1.54, 1.807) is 13.2 Å². The molecule has 0 radical (unpaired) electrons. The van der Waals surface area contributed by atoms with Crippen LogP contribution in [-0.2, 0) is 10.0 Å². The Balaban J connectivity index is 1.34. The van der Waals surface area contributed by atoms with Gasteiger partial charge < -0.3 is 9.64 Å². The molecule has 1 atom stereocenters. The number of pyridine rings is 2. The third kappa shape index (κ3) is 5.52. The first-order valence-corrected chi connectivity index (χ1v) is 14.5. The van der Waals surface area contributed by atoms with E-state index in [2.05, 4.69) is 32.0 Å². The molecule has 0 aliphatic carbocycles. The minimum absolute atomic E-state index is 0.0925. The number of ether oxygens (including phenoxy) is 1. The number of anilines is 1. The lowest BCUT2D eigenvalue weighted by Gasteiger charge is -2.49. The quantitative estimate of drug-likeness (QED) is 0.290. The van der Waals surface area contributed by atoms with Crippen molar-refractivity contribution in [1.29, 1.82) is 0 Å². The van der Waals surface area contributed by atoms with E-state index in [9.17, 15) is 12.8 Å². The predicted octanol–water partition coefficient (Wildman–Crippen LogP) is 4.22. The maximum absolute atomic E-state index is 14.8. The maximum atomic E-state index is 14.8. The molecule has 4 heterocycles. The smallest absolute Gasteiger partial charge is 0.210 e. The lowest BCUT2D eigenvalue weighted by Crippen LogP contribution is -2.59. The number of nitrogens with two attached hydrogens (primary N) is 1. The highest BCUT2D eigenvalue weighted by Gasteiger charge is 2.41. The van der Waals surface area contributed by atoms with Crippen LogP contribution in [0.1, 0.15) is 18.7 Å². The van der Waals surface area contributed by atoms with Crippen molar-refractivity contribution in [3.63, 3.8) is 0 Å². The van der Waals surface area contributed by atoms with E-state index in [4.69, 9.17) is 33.7 Å². The minimum atomic E-state index is -3.24. The molecule has 1 fully saturated rings. The van der Waals surface area contributed by atoms with Crippen molar-refractivity contribution in [3.8, 4) is 17.0 Å². The van der Waals surface area contributed by atoms with Crippen molar-refractivity contribution in [1.82, 2.24) is 24.5 Å². The fourth-order valence-corrected chi connectivity index (χ4v) is 5.85. The Bertz CT molecular complexity index is 1620. The van der Waals surface area contributed by atoms with Gasteiger partial charge in [0, 0.05) is 73.3 Å². The van der Waals surface area contributed by atoms with Crippen LogP contribution in [0, 0.1) is 11.2 Å². The number of rotatable bonds is 8. The van der Waals surface area contributed by atoms with Gasteiger partial charge in [0.2, 0.25) is 10.0 Å². The summed E-state index contributed by atoms with van der Waals surface area (Å²) in [5, 5.41) is 8.22. The molecule has 0 bridgehead atoms. The topological polar surface area (TPSA) is 130 Å².